The fourth-order valence-electron chi connectivity index (χ4n) is 4.61. The quantitative estimate of drug-likeness (QED) is 0.356. The Morgan fingerprint density at radius 2 is 1.81 bits per heavy atom. The lowest BCUT2D eigenvalue weighted by atomic mass is 9.92. The molecule has 4 aromatic rings. The van der Waals surface area contributed by atoms with Gasteiger partial charge in [0.05, 0.1) is 46.9 Å². The van der Waals surface area contributed by atoms with Crippen LogP contribution in [0.1, 0.15) is 46.1 Å². The van der Waals surface area contributed by atoms with Crippen molar-refractivity contribution in [1.82, 2.24) is 29.8 Å². The lowest BCUT2D eigenvalue weighted by Gasteiger charge is -2.34. The molecule has 0 amide bonds. The van der Waals surface area contributed by atoms with Crippen LogP contribution in [0.5, 0.6) is 0 Å². The van der Waals surface area contributed by atoms with Crippen LogP contribution in [0, 0.1) is 0 Å². The van der Waals surface area contributed by atoms with Gasteiger partial charge in [-0.1, -0.05) is 32.4 Å². The van der Waals surface area contributed by atoms with Gasteiger partial charge in [0.2, 0.25) is 0 Å². The highest BCUT2D eigenvalue weighted by Crippen LogP contribution is 2.30. The van der Waals surface area contributed by atoms with Gasteiger partial charge < -0.3 is 10.1 Å². The highest BCUT2D eigenvalue weighted by molar-refractivity contribution is 6.33. The predicted molar refractivity (Wildman–Crippen MR) is 147 cm³/mol. The van der Waals surface area contributed by atoms with Crippen LogP contribution in [-0.2, 0) is 16.7 Å². The van der Waals surface area contributed by atoms with E-state index in [4.69, 9.17) is 31.3 Å². The Morgan fingerprint density at radius 3 is 2.49 bits per heavy atom. The summed E-state index contributed by atoms with van der Waals surface area (Å²) in [4.78, 5) is 25.9. The van der Waals surface area contributed by atoms with Crippen molar-refractivity contribution in [2.45, 2.75) is 58.8 Å². The molecular weight excluding hydrogens is 486 g/mol. The first kappa shape index (κ1) is 25.4. The number of aromatic nitrogens is 5. The number of rotatable bonds is 5. The molecule has 5 rings (SSSR count). The van der Waals surface area contributed by atoms with Crippen LogP contribution in [0.15, 0.2) is 48.9 Å². The van der Waals surface area contributed by atoms with Crippen LogP contribution in [0.25, 0.3) is 22.3 Å². The number of morpholine rings is 1. The summed E-state index contributed by atoms with van der Waals surface area (Å²) in [6.45, 7) is 12.9. The summed E-state index contributed by atoms with van der Waals surface area (Å²) in [6.07, 6.45) is 5.64. The maximum absolute atomic E-state index is 6.42. The Labute approximate surface area is 222 Å². The van der Waals surface area contributed by atoms with E-state index in [0.717, 1.165) is 35.6 Å². The fraction of sp³-hybridized carbons (Fsp3) is 0.393. The standard InChI is InChI=1S/C28H32ClN7O/c1-17-14-36(15-18(2)37-17)16-24-34-22-11-19(25-21(29)7-6-10-30-25)12-32-26(22)27(35-24)33-20-8-9-23(31-13-20)28(3,4)5/h6-13,17-18H,14-16H2,1-5H3,(H,33,34,35). The average Bonchev–Trinajstić information content (AvgIpc) is 2.83. The average molecular weight is 518 g/mol. The Hall–Kier alpha value is -3.20. The second-order valence-corrected chi connectivity index (χ2v) is 11.1. The molecule has 1 fully saturated rings. The second-order valence-electron chi connectivity index (χ2n) is 10.7. The Kier molecular flexibility index (Phi) is 7.07. The molecule has 0 bridgehead atoms. The van der Waals surface area contributed by atoms with Gasteiger partial charge in [-0.25, -0.2) is 15.0 Å². The van der Waals surface area contributed by atoms with Crippen LogP contribution in [0.3, 0.4) is 0 Å². The van der Waals surface area contributed by atoms with Gasteiger partial charge in [0, 0.05) is 42.2 Å². The zero-order valence-electron chi connectivity index (χ0n) is 21.9. The molecule has 0 radical (unpaired) electrons. The van der Waals surface area contributed by atoms with Crippen molar-refractivity contribution in [2.75, 3.05) is 18.4 Å². The van der Waals surface area contributed by atoms with Gasteiger partial charge in [0.1, 0.15) is 11.3 Å². The van der Waals surface area contributed by atoms with Crippen molar-refractivity contribution in [3.05, 3.63) is 65.5 Å². The largest absolute Gasteiger partial charge is 0.373 e. The Bertz CT molecular complexity index is 1390. The van der Waals surface area contributed by atoms with E-state index in [2.05, 4.69) is 54.8 Å². The molecule has 0 aliphatic carbocycles. The molecule has 192 valence electrons. The Balaban J connectivity index is 1.54. The minimum absolute atomic E-state index is 0.0234. The zero-order valence-corrected chi connectivity index (χ0v) is 22.6. The van der Waals surface area contributed by atoms with Crippen molar-refractivity contribution in [3.63, 3.8) is 0 Å². The van der Waals surface area contributed by atoms with E-state index in [-0.39, 0.29) is 17.6 Å². The van der Waals surface area contributed by atoms with Crippen LogP contribution in [-0.4, -0.2) is 55.1 Å². The molecular formula is C28H32ClN7O. The minimum Gasteiger partial charge on any atom is -0.373 e. The molecule has 8 nitrogen and oxygen atoms in total. The molecule has 4 aromatic heterocycles. The van der Waals surface area contributed by atoms with Crippen LogP contribution in [0.2, 0.25) is 5.02 Å². The topological polar surface area (TPSA) is 89.0 Å². The van der Waals surface area contributed by atoms with Gasteiger partial charge in [-0.05, 0) is 44.2 Å². The van der Waals surface area contributed by atoms with Gasteiger partial charge in [-0.3, -0.25) is 14.9 Å². The van der Waals surface area contributed by atoms with Gasteiger partial charge in [-0.15, -0.1) is 0 Å². The number of hydrogen-bond donors (Lipinski definition) is 1. The van der Waals surface area contributed by atoms with Gasteiger partial charge >= 0.3 is 0 Å². The van der Waals surface area contributed by atoms with E-state index < -0.39 is 0 Å². The lowest BCUT2D eigenvalue weighted by Crippen LogP contribution is -2.45. The number of fused-ring (bicyclic) bond motifs is 1. The molecule has 37 heavy (non-hydrogen) atoms. The Morgan fingerprint density at radius 1 is 1.03 bits per heavy atom. The van der Waals surface area contributed by atoms with E-state index >= 15 is 0 Å². The predicted octanol–water partition coefficient (Wildman–Crippen LogP) is 5.79. The van der Waals surface area contributed by atoms with Crippen LogP contribution in [0.4, 0.5) is 11.5 Å². The summed E-state index contributed by atoms with van der Waals surface area (Å²) in [5, 5.41) is 4.00. The molecule has 2 unspecified atom stereocenters. The molecule has 0 aromatic carbocycles. The van der Waals surface area contributed by atoms with Gasteiger partial charge in [0.15, 0.2) is 5.82 Å². The molecule has 1 N–H and O–H groups in total. The second kappa shape index (κ2) is 10.3. The van der Waals surface area contributed by atoms with E-state index in [0.29, 0.717) is 34.4 Å². The molecule has 2 atom stereocenters. The van der Waals surface area contributed by atoms with E-state index in [1.807, 2.05) is 36.5 Å². The van der Waals surface area contributed by atoms with Gasteiger partial charge in [0.25, 0.3) is 0 Å². The van der Waals surface area contributed by atoms with E-state index in [1.165, 1.54) is 0 Å². The highest BCUT2D eigenvalue weighted by Gasteiger charge is 2.24. The molecule has 1 aliphatic rings. The smallest absolute Gasteiger partial charge is 0.160 e. The molecule has 5 heterocycles. The minimum atomic E-state index is -0.0234. The first-order valence-electron chi connectivity index (χ1n) is 12.5. The summed E-state index contributed by atoms with van der Waals surface area (Å²) >= 11 is 6.42. The third-order valence-corrected chi connectivity index (χ3v) is 6.57. The number of nitrogens with zero attached hydrogens (tertiary/aromatic N) is 6. The lowest BCUT2D eigenvalue weighted by molar-refractivity contribution is -0.0710. The molecule has 1 saturated heterocycles. The number of anilines is 2. The number of halogens is 1. The van der Waals surface area contributed by atoms with Crippen molar-refractivity contribution in [1.29, 1.82) is 0 Å². The maximum atomic E-state index is 6.42. The first-order valence-corrected chi connectivity index (χ1v) is 12.9. The summed E-state index contributed by atoms with van der Waals surface area (Å²) in [5.41, 5.74) is 4.71. The molecule has 0 spiro atoms. The normalized spacial score (nSPS) is 18.8. The number of nitrogens with one attached hydrogen (secondary N) is 1. The summed E-state index contributed by atoms with van der Waals surface area (Å²) < 4.78 is 5.91. The fourth-order valence-corrected chi connectivity index (χ4v) is 4.84. The van der Waals surface area contributed by atoms with Crippen LogP contribution < -0.4 is 5.32 Å². The summed E-state index contributed by atoms with van der Waals surface area (Å²) in [7, 11) is 0. The highest BCUT2D eigenvalue weighted by atomic mass is 35.5. The number of pyridine rings is 3. The third-order valence-electron chi connectivity index (χ3n) is 6.27. The van der Waals surface area contributed by atoms with Crippen molar-refractivity contribution >= 4 is 34.1 Å². The SMILES string of the molecule is CC1CN(Cc2nc(Nc3ccc(C(C)(C)C)nc3)c3ncc(-c4ncccc4Cl)cc3n2)CC(C)O1. The van der Waals surface area contributed by atoms with E-state index in [1.54, 1.807) is 12.4 Å². The number of hydrogen-bond acceptors (Lipinski definition) is 8. The molecule has 1 aliphatic heterocycles. The molecule has 0 saturated carbocycles. The maximum Gasteiger partial charge on any atom is 0.160 e. The summed E-state index contributed by atoms with van der Waals surface area (Å²) in [6, 6.07) is 9.66. The monoisotopic (exact) mass is 517 g/mol. The first-order chi connectivity index (χ1) is 17.7. The van der Waals surface area contributed by atoms with Crippen molar-refractivity contribution in [2.24, 2.45) is 0 Å². The van der Waals surface area contributed by atoms with Crippen LogP contribution >= 0.6 is 11.6 Å². The van der Waals surface area contributed by atoms with E-state index in [9.17, 15) is 0 Å². The summed E-state index contributed by atoms with van der Waals surface area (Å²) in [5.74, 6) is 1.35. The zero-order chi connectivity index (χ0) is 26.2. The molecule has 9 heteroatoms. The van der Waals surface area contributed by atoms with Gasteiger partial charge in [-0.2, -0.15) is 0 Å². The number of ether oxygens (including phenoxy) is 1. The van der Waals surface area contributed by atoms with Crippen molar-refractivity contribution in [3.8, 4) is 11.3 Å². The van der Waals surface area contributed by atoms with Crippen molar-refractivity contribution < 1.29 is 4.74 Å². The third kappa shape index (κ3) is 5.87.